The van der Waals surface area contributed by atoms with E-state index in [0.29, 0.717) is 57.8 Å². The van der Waals surface area contributed by atoms with Crippen molar-refractivity contribution < 1.29 is 14.7 Å². The Kier molecular flexibility index (Phi) is 7.75. The first-order valence-corrected chi connectivity index (χ1v) is 14.6. The largest absolute Gasteiger partial charge is 0.382 e. The number of halogens is 1. The van der Waals surface area contributed by atoms with Crippen LogP contribution in [0.25, 0.3) is 0 Å². The number of nitrogens with two attached hydrogens (primary N) is 2. The number of aromatic nitrogens is 3. The molecule has 3 aliphatic rings. The van der Waals surface area contributed by atoms with E-state index in [0.717, 1.165) is 16.8 Å². The number of amides is 2. The summed E-state index contributed by atoms with van der Waals surface area (Å²) in [6.07, 6.45) is 5.15. The number of anilines is 3. The van der Waals surface area contributed by atoms with Gasteiger partial charge in [0.2, 0.25) is 5.91 Å². The van der Waals surface area contributed by atoms with Crippen LogP contribution in [0.1, 0.15) is 53.2 Å². The summed E-state index contributed by atoms with van der Waals surface area (Å²) in [6.45, 7) is 2.18. The summed E-state index contributed by atoms with van der Waals surface area (Å²) in [5.74, 6) is -0.572. The van der Waals surface area contributed by atoms with E-state index in [1.807, 2.05) is 46.2 Å². The lowest BCUT2D eigenvalue weighted by Crippen LogP contribution is -2.57. The molecule has 14 heteroatoms. The number of nitrogens with one attached hydrogen (secondary N) is 2. The Morgan fingerprint density at radius 2 is 1.91 bits per heavy atom. The van der Waals surface area contributed by atoms with Gasteiger partial charge in [-0.3, -0.25) is 24.9 Å². The average molecular weight is 605 g/mol. The van der Waals surface area contributed by atoms with Crippen LogP contribution in [0.15, 0.2) is 53.8 Å². The second-order valence-corrected chi connectivity index (χ2v) is 11.4. The van der Waals surface area contributed by atoms with Crippen molar-refractivity contribution in [3.63, 3.8) is 0 Å². The van der Waals surface area contributed by atoms with Crippen LogP contribution in [0.3, 0.4) is 0 Å². The standard InChI is InChI=1S/C29H33ClN10O3/c30-23-25(32)36-24(31)22(35-23)26(42)37-28-34-16-29(38-28)9-13-39(14-10-29)20(41)8-4-12-40-19-7-2-1-6-18(19)21(27(40)43)17-5-3-11-33-15-17/h1-3,5-7,11,15,21,27,43H,4,8-10,12-14,16H2,(H4,31,32,36)(H2,34,37,38,42). The fourth-order valence-electron chi connectivity index (χ4n) is 6.09. The Hall–Kier alpha value is -4.49. The highest BCUT2D eigenvalue weighted by Crippen LogP contribution is 2.43. The number of rotatable bonds is 6. The first kappa shape index (κ1) is 28.6. The molecule has 5 heterocycles. The van der Waals surface area contributed by atoms with Crippen LogP contribution in [0.5, 0.6) is 0 Å². The zero-order valence-electron chi connectivity index (χ0n) is 23.4. The Balaban J connectivity index is 0.988. The number of piperidine rings is 1. The third-order valence-electron chi connectivity index (χ3n) is 8.38. The molecule has 7 N–H and O–H groups in total. The maximum Gasteiger partial charge on any atom is 0.280 e. The third kappa shape index (κ3) is 5.65. The molecule has 2 amide bonds. The van der Waals surface area contributed by atoms with Crippen molar-refractivity contribution in [2.24, 2.45) is 4.99 Å². The van der Waals surface area contributed by atoms with Gasteiger partial charge < -0.3 is 31.7 Å². The van der Waals surface area contributed by atoms with Crippen LogP contribution < -0.4 is 27.0 Å². The topological polar surface area (TPSA) is 188 Å². The fourth-order valence-corrected chi connectivity index (χ4v) is 6.22. The summed E-state index contributed by atoms with van der Waals surface area (Å²) in [5.41, 5.74) is 13.9. The van der Waals surface area contributed by atoms with Gasteiger partial charge in [-0.25, -0.2) is 9.97 Å². The van der Waals surface area contributed by atoms with E-state index in [9.17, 15) is 14.7 Å². The molecule has 224 valence electrons. The number of fused-ring (bicyclic) bond motifs is 1. The monoisotopic (exact) mass is 604 g/mol. The zero-order valence-corrected chi connectivity index (χ0v) is 24.2. The first-order valence-electron chi connectivity index (χ1n) is 14.2. The number of carbonyl (C=O) groups excluding carboxylic acids is 2. The van der Waals surface area contributed by atoms with E-state index in [4.69, 9.17) is 23.1 Å². The molecule has 3 aromatic rings. The van der Waals surface area contributed by atoms with Gasteiger partial charge in [-0.15, -0.1) is 0 Å². The molecule has 13 nitrogen and oxygen atoms in total. The SMILES string of the molecule is Nc1nc(N)c(C(=O)NC2=NCC3(CCN(C(=O)CCCN4c5ccccc5C(c5cccnc5)C4O)CC3)N2)nc1Cl. The molecule has 43 heavy (non-hydrogen) atoms. The van der Waals surface area contributed by atoms with E-state index in [1.54, 1.807) is 12.4 Å². The summed E-state index contributed by atoms with van der Waals surface area (Å²) in [4.78, 5) is 46.1. The van der Waals surface area contributed by atoms with Crippen LogP contribution in [0.2, 0.25) is 5.15 Å². The van der Waals surface area contributed by atoms with E-state index in [2.05, 4.69) is 30.6 Å². The molecule has 0 saturated carbocycles. The minimum absolute atomic E-state index is 0.0549. The molecule has 1 aromatic carbocycles. The Morgan fingerprint density at radius 1 is 1.12 bits per heavy atom. The molecule has 3 aliphatic heterocycles. The van der Waals surface area contributed by atoms with Gasteiger partial charge in [-0.05, 0) is 42.5 Å². The Bertz CT molecular complexity index is 1560. The summed E-state index contributed by atoms with van der Waals surface area (Å²) in [7, 11) is 0. The van der Waals surface area contributed by atoms with Crippen molar-refractivity contribution in [3.8, 4) is 0 Å². The van der Waals surface area contributed by atoms with Crippen molar-refractivity contribution in [1.29, 1.82) is 0 Å². The summed E-state index contributed by atoms with van der Waals surface area (Å²) in [6, 6.07) is 11.9. The number of hydrogen-bond acceptors (Lipinski definition) is 11. The molecule has 0 radical (unpaired) electrons. The number of likely N-dealkylation sites (tertiary alicyclic amines) is 1. The van der Waals surface area contributed by atoms with E-state index in [1.165, 1.54) is 0 Å². The molecule has 1 fully saturated rings. The maximum absolute atomic E-state index is 13.1. The van der Waals surface area contributed by atoms with Gasteiger partial charge in [-0.1, -0.05) is 35.9 Å². The van der Waals surface area contributed by atoms with Crippen LogP contribution in [-0.2, 0) is 4.79 Å². The highest BCUT2D eigenvalue weighted by Gasteiger charge is 2.41. The number of guanidine groups is 1. The van der Waals surface area contributed by atoms with Crippen molar-refractivity contribution in [2.75, 3.05) is 42.5 Å². The van der Waals surface area contributed by atoms with Crippen molar-refractivity contribution >= 4 is 46.7 Å². The fraction of sp³-hybridized carbons (Fsp3) is 0.379. The molecule has 0 bridgehead atoms. The molecule has 2 atom stereocenters. The molecule has 1 saturated heterocycles. The lowest BCUT2D eigenvalue weighted by molar-refractivity contribution is -0.132. The second-order valence-electron chi connectivity index (χ2n) is 11.1. The van der Waals surface area contributed by atoms with Crippen molar-refractivity contribution in [3.05, 3.63) is 70.8 Å². The molecular weight excluding hydrogens is 572 g/mol. The minimum Gasteiger partial charge on any atom is -0.382 e. The molecule has 6 rings (SSSR count). The summed E-state index contributed by atoms with van der Waals surface area (Å²) >= 11 is 5.89. The highest BCUT2D eigenvalue weighted by molar-refractivity contribution is 6.31. The van der Waals surface area contributed by atoms with Gasteiger partial charge >= 0.3 is 0 Å². The molecule has 0 aliphatic carbocycles. The first-order chi connectivity index (χ1) is 20.7. The molecule has 2 aromatic heterocycles. The molecule has 1 spiro atoms. The Morgan fingerprint density at radius 3 is 2.67 bits per heavy atom. The van der Waals surface area contributed by atoms with Gasteiger partial charge in [0.25, 0.3) is 5.91 Å². The smallest absolute Gasteiger partial charge is 0.280 e. The highest BCUT2D eigenvalue weighted by atomic mass is 35.5. The third-order valence-corrected chi connectivity index (χ3v) is 8.66. The van der Waals surface area contributed by atoms with E-state index in [-0.39, 0.29) is 39.8 Å². The van der Waals surface area contributed by atoms with E-state index < -0.39 is 12.1 Å². The predicted octanol–water partition coefficient (Wildman–Crippen LogP) is 1.49. The number of hydrogen-bond donors (Lipinski definition) is 5. The number of nitrogen functional groups attached to an aromatic ring is 2. The van der Waals surface area contributed by atoms with Crippen LogP contribution in [0, 0.1) is 0 Å². The van der Waals surface area contributed by atoms with E-state index >= 15 is 0 Å². The normalized spacial score (nSPS) is 20.5. The number of pyridine rings is 1. The maximum atomic E-state index is 13.1. The number of aliphatic hydroxyl groups is 1. The predicted molar refractivity (Wildman–Crippen MR) is 162 cm³/mol. The summed E-state index contributed by atoms with van der Waals surface area (Å²) in [5, 5.41) is 17.2. The average Bonchev–Trinajstić information content (AvgIpc) is 3.52. The van der Waals surface area contributed by atoms with Crippen LogP contribution >= 0.6 is 11.6 Å². The van der Waals surface area contributed by atoms with Crippen LogP contribution in [-0.4, -0.2) is 80.7 Å². The number of para-hydroxylation sites is 1. The van der Waals surface area contributed by atoms with Crippen molar-refractivity contribution in [1.82, 2.24) is 30.5 Å². The lowest BCUT2D eigenvalue weighted by Gasteiger charge is -2.39. The minimum atomic E-state index is -0.727. The molecular formula is C29H33ClN10O3. The number of carbonyl (C=O) groups is 2. The lowest BCUT2D eigenvalue weighted by atomic mass is 9.88. The summed E-state index contributed by atoms with van der Waals surface area (Å²) < 4.78 is 0. The zero-order chi connectivity index (χ0) is 30.1. The number of aliphatic imine (C=N–C) groups is 1. The second kappa shape index (κ2) is 11.7. The van der Waals surface area contributed by atoms with Gasteiger partial charge in [-0.2, -0.15) is 0 Å². The molecule has 2 unspecified atom stereocenters. The van der Waals surface area contributed by atoms with Gasteiger partial charge in [0.1, 0.15) is 6.23 Å². The number of benzene rings is 1. The number of aliphatic hydroxyl groups excluding tert-OH is 1. The Labute approximate surface area is 253 Å². The van der Waals surface area contributed by atoms with Crippen molar-refractivity contribution in [2.45, 2.75) is 43.4 Å². The van der Waals surface area contributed by atoms with Gasteiger partial charge in [0.15, 0.2) is 28.4 Å². The van der Waals surface area contributed by atoms with Crippen LogP contribution in [0.4, 0.5) is 17.3 Å². The quantitative estimate of drug-likeness (QED) is 0.276. The van der Waals surface area contributed by atoms with Gasteiger partial charge in [0.05, 0.1) is 18.0 Å². The number of nitrogens with zero attached hydrogens (tertiary/aromatic N) is 6. The van der Waals surface area contributed by atoms with Gasteiger partial charge in [0, 0.05) is 44.1 Å².